The minimum absolute atomic E-state index is 0.799. The average molecular weight is 184 g/mol. The van der Waals surface area contributed by atoms with E-state index in [1.807, 2.05) is 18.8 Å². The molecule has 0 atom stereocenters. The number of thioether (sulfide) groups is 1. The van der Waals surface area contributed by atoms with Crippen LogP contribution in [0.5, 0.6) is 0 Å². The zero-order valence-electron chi connectivity index (χ0n) is 7.09. The van der Waals surface area contributed by atoms with Crippen molar-refractivity contribution in [2.75, 3.05) is 12.8 Å². The Morgan fingerprint density at radius 3 is 3.42 bits per heavy atom. The Kier molecular flexibility index (Phi) is 2.37. The van der Waals surface area contributed by atoms with Gasteiger partial charge in [-0.1, -0.05) is 5.16 Å². The van der Waals surface area contributed by atoms with Gasteiger partial charge in [0.2, 0.25) is 0 Å². The van der Waals surface area contributed by atoms with Crippen molar-refractivity contribution < 1.29 is 4.52 Å². The molecule has 12 heavy (non-hydrogen) atoms. The van der Waals surface area contributed by atoms with Crippen molar-refractivity contribution in [2.24, 2.45) is 0 Å². The van der Waals surface area contributed by atoms with E-state index in [2.05, 4.69) is 10.5 Å². The van der Waals surface area contributed by atoms with Gasteiger partial charge in [-0.3, -0.25) is 0 Å². The maximum absolute atomic E-state index is 5.23. The summed E-state index contributed by atoms with van der Waals surface area (Å²) in [6, 6.07) is 0. The molecule has 0 unspecified atom stereocenters. The number of fused-ring (bicyclic) bond motifs is 1. The van der Waals surface area contributed by atoms with Crippen molar-refractivity contribution in [1.82, 2.24) is 10.5 Å². The predicted molar refractivity (Wildman–Crippen MR) is 49.1 cm³/mol. The SMILES string of the molecule is CNCc1onc2c1CCSC2. The highest BCUT2D eigenvalue weighted by molar-refractivity contribution is 7.98. The third-order valence-corrected chi connectivity index (χ3v) is 2.99. The van der Waals surface area contributed by atoms with Gasteiger partial charge in [-0.15, -0.1) is 0 Å². The Morgan fingerprint density at radius 1 is 1.67 bits per heavy atom. The fourth-order valence-electron chi connectivity index (χ4n) is 1.42. The molecule has 1 N–H and O–H groups in total. The molecule has 0 bridgehead atoms. The third-order valence-electron chi connectivity index (χ3n) is 2.02. The van der Waals surface area contributed by atoms with Crippen LogP contribution in [-0.4, -0.2) is 18.0 Å². The minimum Gasteiger partial charge on any atom is -0.359 e. The molecule has 0 fully saturated rings. The van der Waals surface area contributed by atoms with Crippen LogP contribution < -0.4 is 5.32 Å². The van der Waals surface area contributed by atoms with Crippen molar-refractivity contribution in [3.05, 3.63) is 17.0 Å². The number of rotatable bonds is 2. The van der Waals surface area contributed by atoms with Crippen molar-refractivity contribution in [3.8, 4) is 0 Å². The highest BCUT2D eigenvalue weighted by Gasteiger charge is 2.18. The zero-order valence-corrected chi connectivity index (χ0v) is 7.91. The fourth-order valence-corrected chi connectivity index (χ4v) is 2.33. The largest absolute Gasteiger partial charge is 0.359 e. The number of nitrogens with zero attached hydrogens (tertiary/aromatic N) is 1. The number of hydrogen-bond acceptors (Lipinski definition) is 4. The second kappa shape index (κ2) is 3.49. The molecule has 0 spiro atoms. The Morgan fingerprint density at radius 2 is 2.58 bits per heavy atom. The first kappa shape index (κ1) is 8.13. The van der Waals surface area contributed by atoms with Gasteiger partial charge in [-0.2, -0.15) is 11.8 Å². The highest BCUT2D eigenvalue weighted by Crippen LogP contribution is 2.26. The lowest BCUT2D eigenvalue weighted by Gasteiger charge is -2.08. The van der Waals surface area contributed by atoms with Crippen LogP contribution in [0, 0.1) is 0 Å². The Labute approximate surface area is 75.9 Å². The van der Waals surface area contributed by atoms with Crippen LogP contribution >= 0.6 is 11.8 Å². The van der Waals surface area contributed by atoms with Crippen molar-refractivity contribution in [2.45, 2.75) is 18.7 Å². The molecule has 0 radical (unpaired) electrons. The molecular weight excluding hydrogens is 172 g/mol. The standard InChI is InChI=1S/C8H12N2OS/c1-9-4-8-6-2-3-12-5-7(6)10-11-8/h9H,2-5H2,1H3. The Hall–Kier alpha value is -0.480. The minimum atomic E-state index is 0.799. The van der Waals surface area contributed by atoms with E-state index in [9.17, 15) is 0 Å². The summed E-state index contributed by atoms with van der Waals surface area (Å²) in [7, 11) is 1.92. The molecule has 2 heterocycles. The van der Waals surface area contributed by atoms with Gasteiger partial charge in [0, 0.05) is 11.3 Å². The Balaban J connectivity index is 2.25. The molecule has 0 saturated carbocycles. The molecule has 1 aromatic rings. The van der Waals surface area contributed by atoms with Gasteiger partial charge in [0.25, 0.3) is 0 Å². The van der Waals surface area contributed by atoms with E-state index < -0.39 is 0 Å². The zero-order chi connectivity index (χ0) is 8.39. The van der Waals surface area contributed by atoms with E-state index in [1.54, 1.807) is 0 Å². The van der Waals surface area contributed by atoms with Crippen LogP contribution in [0.15, 0.2) is 4.52 Å². The summed E-state index contributed by atoms with van der Waals surface area (Å²) in [4.78, 5) is 0. The molecule has 2 rings (SSSR count). The lowest BCUT2D eigenvalue weighted by Crippen LogP contribution is -2.08. The normalized spacial score (nSPS) is 16.1. The Bertz CT molecular complexity index is 272. The summed E-state index contributed by atoms with van der Waals surface area (Å²) in [5.74, 6) is 3.24. The summed E-state index contributed by atoms with van der Waals surface area (Å²) in [6.45, 7) is 0.799. The first-order valence-corrected chi connectivity index (χ1v) is 5.26. The van der Waals surface area contributed by atoms with Crippen LogP contribution in [0.4, 0.5) is 0 Å². The van der Waals surface area contributed by atoms with E-state index >= 15 is 0 Å². The van der Waals surface area contributed by atoms with Crippen molar-refractivity contribution in [1.29, 1.82) is 0 Å². The second-order valence-electron chi connectivity index (χ2n) is 2.86. The van der Waals surface area contributed by atoms with Gasteiger partial charge >= 0.3 is 0 Å². The van der Waals surface area contributed by atoms with E-state index in [0.29, 0.717) is 0 Å². The summed E-state index contributed by atoms with van der Waals surface area (Å²) in [5.41, 5.74) is 2.49. The van der Waals surface area contributed by atoms with E-state index in [1.165, 1.54) is 11.3 Å². The lowest BCUT2D eigenvalue weighted by atomic mass is 10.1. The molecule has 1 aliphatic heterocycles. The quantitative estimate of drug-likeness (QED) is 0.749. The van der Waals surface area contributed by atoms with Gasteiger partial charge in [0.05, 0.1) is 12.2 Å². The van der Waals surface area contributed by atoms with Gasteiger partial charge in [0.15, 0.2) is 5.76 Å². The molecule has 0 amide bonds. The topological polar surface area (TPSA) is 38.1 Å². The summed E-state index contributed by atoms with van der Waals surface area (Å²) in [5, 5.41) is 7.12. The van der Waals surface area contributed by atoms with Crippen LogP contribution in [0.25, 0.3) is 0 Å². The maximum atomic E-state index is 5.23. The summed E-state index contributed by atoms with van der Waals surface area (Å²) in [6.07, 6.45) is 1.11. The molecule has 4 heteroatoms. The molecule has 0 saturated heterocycles. The van der Waals surface area contributed by atoms with Crippen LogP contribution in [-0.2, 0) is 18.7 Å². The third kappa shape index (κ3) is 1.36. The monoisotopic (exact) mass is 184 g/mol. The molecular formula is C8H12N2OS. The molecule has 0 aliphatic carbocycles. The second-order valence-corrected chi connectivity index (χ2v) is 3.97. The van der Waals surface area contributed by atoms with E-state index in [4.69, 9.17) is 4.52 Å². The van der Waals surface area contributed by atoms with Gasteiger partial charge in [-0.25, -0.2) is 0 Å². The molecule has 1 aliphatic rings. The first-order valence-electron chi connectivity index (χ1n) is 4.10. The van der Waals surface area contributed by atoms with Gasteiger partial charge in [-0.05, 0) is 19.2 Å². The molecule has 0 aromatic carbocycles. The van der Waals surface area contributed by atoms with E-state index in [0.717, 1.165) is 30.2 Å². The van der Waals surface area contributed by atoms with Gasteiger partial charge in [0.1, 0.15) is 0 Å². The number of nitrogens with one attached hydrogen (secondary N) is 1. The molecule has 66 valence electrons. The highest BCUT2D eigenvalue weighted by atomic mass is 32.2. The fraction of sp³-hybridized carbons (Fsp3) is 0.625. The average Bonchev–Trinajstić information content (AvgIpc) is 2.50. The maximum Gasteiger partial charge on any atom is 0.153 e. The molecule has 1 aromatic heterocycles. The summed E-state index contributed by atoms with van der Waals surface area (Å²) < 4.78 is 5.23. The number of aromatic nitrogens is 1. The van der Waals surface area contributed by atoms with Gasteiger partial charge < -0.3 is 9.84 Å². The number of hydrogen-bond donors (Lipinski definition) is 1. The first-order chi connectivity index (χ1) is 5.92. The van der Waals surface area contributed by atoms with Crippen LogP contribution in [0.2, 0.25) is 0 Å². The van der Waals surface area contributed by atoms with Crippen molar-refractivity contribution >= 4 is 11.8 Å². The predicted octanol–water partition coefficient (Wildman–Crippen LogP) is 1.18. The van der Waals surface area contributed by atoms with Crippen LogP contribution in [0.1, 0.15) is 17.0 Å². The molecule has 3 nitrogen and oxygen atoms in total. The summed E-state index contributed by atoms with van der Waals surface area (Å²) >= 11 is 1.93. The smallest absolute Gasteiger partial charge is 0.153 e. The van der Waals surface area contributed by atoms with Crippen LogP contribution in [0.3, 0.4) is 0 Å². The van der Waals surface area contributed by atoms with E-state index in [-0.39, 0.29) is 0 Å². The van der Waals surface area contributed by atoms with Crippen molar-refractivity contribution in [3.63, 3.8) is 0 Å². The lowest BCUT2D eigenvalue weighted by molar-refractivity contribution is 0.372.